The number of halogens is 1. The molecular weight excluding hydrogens is 522 g/mol. The Morgan fingerprint density at radius 2 is 1.58 bits per heavy atom. The number of nitrogens with one attached hydrogen (secondary N) is 2. The van der Waals surface area contributed by atoms with E-state index in [1.165, 1.54) is 22.9 Å². The van der Waals surface area contributed by atoms with Crippen LogP contribution >= 0.6 is 23.4 Å². The number of aryl methyl sites for hydroxylation is 1. The molecule has 9 heteroatoms. The molecule has 0 atom stereocenters. The summed E-state index contributed by atoms with van der Waals surface area (Å²) in [7, 11) is 0. The minimum absolute atomic E-state index is 0.0312. The maximum Gasteiger partial charge on any atom is 0.278 e. The van der Waals surface area contributed by atoms with Crippen molar-refractivity contribution in [1.82, 2.24) is 4.90 Å². The summed E-state index contributed by atoms with van der Waals surface area (Å²) in [6.45, 7) is 2.00. The van der Waals surface area contributed by atoms with Crippen LogP contribution in [0.5, 0.6) is 0 Å². The predicted octanol–water partition coefficient (Wildman–Crippen LogP) is 6.48. The van der Waals surface area contributed by atoms with Gasteiger partial charge in [0.2, 0.25) is 0 Å². The number of imide groups is 1. The number of hydrogen-bond donors (Lipinski definition) is 2. The Hall–Kier alpha value is -4.27. The summed E-state index contributed by atoms with van der Waals surface area (Å²) in [6, 6.07) is 24.6. The standard InChI is InChI=1S/C29H22ClN3O4S/c1-18-4-10-21(11-5-18)31-25-26(29(36)33(28(25)35)17-23-3-2-16-37-23)38-24-14-12-22(13-15-24)32-27(34)19-6-8-20(30)9-7-19/h2-16,31H,17H2,1H3,(H,32,34). The molecule has 3 aromatic carbocycles. The molecule has 4 aromatic rings. The van der Waals surface area contributed by atoms with E-state index >= 15 is 0 Å². The van der Waals surface area contributed by atoms with Crippen molar-refractivity contribution in [3.8, 4) is 0 Å². The van der Waals surface area contributed by atoms with E-state index in [1.54, 1.807) is 60.7 Å². The second kappa shape index (κ2) is 11.0. The lowest BCUT2D eigenvalue weighted by atomic mass is 10.2. The lowest BCUT2D eigenvalue weighted by Gasteiger charge is -2.13. The number of hydrogen-bond acceptors (Lipinski definition) is 6. The number of thioether (sulfide) groups is 1. The molecule has 2 heterocycles. The molecule has 0 spiro atoms. The molecule has 0 fully saturated rings. The first-order valence-corrected chi connectivity index (χ1v) is 12.9. The van der Waals surface area contributed by atoms with E-state index in [9.17, 15) is 14.4 Å². The van der Waals surface area contributed by atoms with Gasteiger partial charge in [-0.3, -0.25) is 19.3 Å². The van der Waals surface area contributed by atoms with Crippen LogP contribution in [0.15, 0.2) is 111 Å². The second-order valence-electron chi connectivity index (χ2n) is 8.56. The van der Waals surface area contributed by atoms with Crippen LogP contribution in [-0.2, 0) is 16.1 Å². The van der Waals surface area contributed by atoms with Crippen molar-refractivity contribution in [3.63, 3.8) is 0 Å². The molecule has 0 bridgehead atoms. The monoisotopic (exact) mass is 543 g/mol. The summed E-state index contributed by atoms with van der Waals surface area (Å²) in [5, 5.41) is 6.53. The molecule has 38 heavy (non-hydrogen) atoms. The molecular formula is C29H22ClN3O4S. The van der Waals surface area contributed by atoms with Crippen molar-refractivity contribution >= 4 is 52.5 Å². The number of anilines is 2. The van der Waals surface area contributed by atoms with Gasteiger partial charge in [0.1, 0.15) is 16.4 Å². The van der Waals surface area contributed by atoms with Crippen LogP contribution < -0.4 is 10.6 Å². The van der Waals surface area contributed by atoms with Crippen LogP contribution in [0.1, 0.15) is 21.7 Å². The Balaban J connectivity index is 1.36. The van der Waals surface area contributed by atoms with E-state index in [0.29, 0.717) is 27.7 Å². The lowest BCUT2D eigenvalue weighted by Crippen LogP contribution is -2.31. The highest BCUT2D eigenvalue weighted by molar-refractivity contribution is 8.04. The SMILES string of the molecule is Cc1ccc(NC2=C(Sc3ccc(NC(=O)c4ccc(Cl)cc4)cc3)C(=O)N(Cc3ccco3)C2=O)cc1. The molecule has 0 unspecified atom stereocenters. The van der Waals surface area contributed by atoms with Gasteiger partial charge >= 0.3 is 0 Å². The first-order valence-electron chi connectivity index (χ1n) is 11.7. The number of rotatable bonds is 8. The summed E-state index contributed by atoms with van der Waals surface area (Å²) in [4.78, 5) is 41.4. The summed E-state index contributed by atoms with van der Waals surface area (Å²) in [5.74, 6) is -0.597. The number of nitrogens with zero attached hydrogens (tertiary/aromatic N) is 1. The highest BCUT2D eigenvalue weighted by Crippen LogP contribution is 2.37. The molecule has 1 aliphatic rings. The Kier molecular flexibility index (Phi) is 7.35. The van der Waals surface area contributed by atoms with Crippen LogP contribution in [0.2, 0.25) is 5.02 Å². The summed E-state index contributed by atoms with van der Waals surface area (Å²) < 4.78 is 5.36. The van der Waals surface area contributed by atoms with Crippen LogP contribution in [0.4, 0.5) is 11.4 Å². The fourth-order valence-corrected chi connectivity index (χ4v) is 4.84. The largest absolute Gasteiger partial charge is 0.467 e. The van der Waals surface area contributed by atoms with Crippen molar-refractivity contribution in [1.29, 1.82) is 0 Å². The highest BCUT2D eigenvalue weighted by Gasteiger charge is 2.39. The maximum absolute atomic E-state index is 13.4. The minimum Gasteiger partial charge on any atom is -0.467 e. The van der Waals surface area contributed by atoms with E-state index in [1.807, 2.05) is 31.2 Å². The van der Waals surface area contributed by atoms with Crippen LogP contribution in [-0.4, -0.2) is 22.6 Å². The Bertz CT molecular complexity index is 1510. The van der Waals surface area contributed by atoms with E-state index in [-0.39, 0.29) is 23.1 Å². The van der Waals surface area contributed by atoms with Gasteiger partial charge in [0.05, 0.1) is 12.8 Å². The minimum atomic E-state index is -0.429. The number of benzene rings is 3. The zero-order chi connectivity index (χ0) is 26.6. The molecule has 0 aliphatic carbocycles. The number of carbonyl (C=O) groups excluding carboxylic acids is 3. The average Bonchev–Trinajstić information content (AvgIpc) is 3.51. The highest BCUT2D eigenvalue weighted by atomic mass is 35.5. The second-order valence-corrected chi connectivity index (χ2v) is 10.1. The number of carbonyl (C=O) groups is 3. The molecule has 0 saturated heterocycles. The van der Waals surface area contributed by atoms with E-state index in [0.717, 1.165) is 10.5 Å². The third-order valence-electron chi connectivity index (χ3n) is 5.78. The molecule has 1 aromatic heterocycles. The van der Waals surface area contributed by atoms with Crippen molar-refractivity contribution in [3.05, 3.63) is 124 Å². The van der Waals surface area contributed by atoms with Crippen molar-refractivity contribution in [2.24, 2.45) is 0 Å². The molecule has 0 radical (unpaired) electrons. The fourth-order valence-electron chi connectivity index (χ4n) is 3.77. The molecule has 5 rings (SSSR count). The topological polar surface area (TPSA) is 91.7 Å². The molecule has 190 valence electrons. The average molecular weight is 544 g/mol. The molecule has 3 amide bonds. The maximum atomic E-state index is 13.4. The van der Waals surface area contributed by atoms with E-state index < -0.39 is 11.8 Å². The summed E-state index contributed by atoms with van der Waals surface area (Å²) in [6.07, 6.45) is 1.50. The van der Waals surface area contributed by atoms with Crippen molar-refractivity contribution in [2.75, 3.05) is 10.6 Å². The zero-order valence-corrected chi connectivity index (χ0v) is 21.8. The van der Waals surface area contributed by atoms with Gasteiger partial charge in [0, 0.05) is 26.9 Å². The molecule has 2 N–H and O–H groups in total. The fraction of sp³-hybridized carbons (Fsp3) is 0.0690. The smallest absolute Gasteiger partial charge is 0.278 e. The third-order valence-corrected chi connectivity index (χ3v) is 7.12. The van der Waals surface area contributed by atoms with Crippen molar-refractivity contribution < 1.29 is 18.8 Å². The van der Waals surface area contributed by atoms with Crippen LogP contribution in [0.3, 0.4) is 0 Å². The number of amides is 3. The van der Waals surface area contributed by atoms with Gasteiger partial charge in [-0.15, -0.1) is 0 Å². The van der Waals surface area contributed by atoms with Crippen LogP contribution in [0.25, 0.3) is 0 Å². The van der Waals surface area contributed by atoms with Gasteiger partial charge in [-0.2, -0.15) is 0 Å². The quantitative estimate of drug-likeness (QED) is 0.247. The van der Waals surface area contributed by atoms with E-state index in [4.69, 9.17) is 16.0 Å². The summed E-state index contributed by atoms with van der Waals surface area (Å²) in [5.41, 5.74) is 3.06. The third kappa shape index (κ3) is 5.66. The Morgan fingerprint density at radius 3 is 2.24 bits per heavy atom. The van der Waals surface area contributed by atoms with Gasteiger partial charge in [0.25, 0.3) is 17.7 Å². The van der Waals surface area contributed by atoms with Gasteiger partial charge in [-0.05, 0) is 79.7 Å². The van der Waals surface area contributed by atoms with Gasteiger partial charge in [-0.1, -0.05) is 41.1 Å². The first-order chi connectivity index (χ1) is 18.4. The zero-order valence-electron chi connectivity index (χ0n) is 20.2. The van der Waals surface area contributed by atoms with Gasteiger partial charge in [0.15, 0.2) is 0 Å². The lowest BCUT2D eigenvalue weighted by molar-refractivity contribution is -0.138. The summed E-state index contributed by atoms with van der Waals surface area (Å²) >= 11 is 7.08. The Labute approximate surface area is 228 Å². The Morgan fingerprint density at radius 1 is 0.895 bits per heavy atom. The van der Waals surface area contributed by atoms with Crippen LogP contribution in [0, 0.1) is 6.92 Å². The number of furan rings is 1. The molecule has 1 aliphatic heterocycles. The first kappa shape index (κ1) is 25.4. The van der Waals surface area contributed by atoms with Gasteiger partial charge in [-0.25, -0.2) is 0 Å². The van der Waals surface area contributed by atoms with Gasteiger partial charge < -0.3 is 15.1 Å². The predicted molar refractivity (Wildman–Crippen MR) is 148 cm³/mol. The molecule has 7 nitrogen and oxygen atoms in total. The van der Waals surface area contributed by atoms with E-state index in [2.05, 4.69) is 10.6 Å². The molecule has 0 saturated carbocycles. The van der Waals surface area contributed by atoms with Crippen molar-refractivity contribution in [2.45, 2.75) is 18.4 Å². The normalized spacial score (nSPS) is 13.3.